The fourth-order valence-electron chi connectivity index (χ4n) is 4.89. The van der Waals surface area contributed by atoms with E-state index in [1.165, 1.54) is 5.56 Å². The van der Waals surface area contributed by atoms with Crippen molar-refractivity contribution in [3.8, 4) is 11.4 Å². The SMILES string of the molecule is CCOc1ccc(N2C(=S)N[C@H](c3ccccn3)[C@H]2c2cc(C)n(-c3ccc(Cl)cc3)c2C)cc1. The van der Waals surface area contributed by atoms with Gasteiger partial charge in [0.1, 0.15) is 5.75 Å². The maximum atomic E-state index is 6.15. The normalized spacial score (nSPS) is 17.5. The third-order valence-electron chi connectivity index (χ3n) is 6.40. The van der Waals surface area contributed by atoms with Crippen molar-refractivity contribution in [1.82, 2.24) is 14.9 Å². The Bertz CT molecular complexity index is 1340. The van der Waals surface area contributed by atoms with E-state index in [0.29, 0.717) is 11.7 Å². The summed E-state index contributed by atoms with van der Waals surface area (Å²) in [7, 11) is 0. The minimum Gasteiger partial charge on any atom is -0.494 e. The van der Waals surface area contributed by atoms with Gasteiger partial charge in [0.05, 0.1) is 24.4 Å². The van der Waals surface area contributed by atoms with Gasteiger partial charge in [-0.2, -0.15) is 0 Å². The number of hydrogen-bond acceptors (Lipinski definition) is 3. The van der Waals surface area contributed by atoms with Crippen LogP contribution in [-0.4, -0.2) is 21.3 Å². The summed E-state index contributed by atoms with van der Waals surface area (Å²) in [5.41, 5.74) is 6.51. The number of aryl methyl sites for hydroxylation is 1. The molecule has 0 radical (unpaired) electrons. The molecule has 1 fully saturated rings. The molecular formula is C28H27ClN4OS. The molecule has 2 aromatic heterocycles. The van der Waals surface area contributed by atoms with Gasteiger partial charge in [-0.3, -0.25) is 4.98 Å². The Balaban J connectivity index is 1.63. The minimum absolute atomic E-state index is 0.0809. The molecule has 0 bridgehead atoms. The standard InChI is InChI=1S/C28H27ClN4OS/c1-4-34-23-14-12-22(13-15-23)33-27(26(31-28(33)35)25-7-5-6-16-30-25)24-17-18(2)32(19(24)3)21-10-8-20(29)9-11-21/h5-17,26-27H,4H2,1-3H3,(H,31,35)/t26-,27-/m1/s1. The summed E-state index contributed by atoms with van der Waals surface area (Å²) in [4.78, 5) is 6.87. The molecule has 0 aliphatic carbocycles. The van der Waals surface area contributed by atoms with Gasteiger partial charge in [-0.25, -0.2) is 0 Å². The fraction of sp³-hybridized carbons (Fsp3) is 0.214. The van der Waals surface area contributed by atoms with E-state index in [-0.39, 0.29) is 12.1 Å². The first-order valence-electron chi connectivity index (χ1n) is 11.7. The molecule has 4 aromatic rings. The largest absolute Gasteiger partial charge is 0.494 e. The number of nitrogens with zero attached hydrogens (tertiary/aromatic N) is 3. The maximum absolute atomic E-state index is 6.15. The Kier molecular flexibility index (Phi) is 6.50. The Morgan fingerprint density at radius 1 is 1.00 bits per heavy atom. The predicted octanol–water partition coefficient (Wildman–Crippen LogP) is 6.72. The van der Waals surface area contributed by atoms with Crippen molar-refractivity contribution < 1.29 is 4.74 Å². The fourth-order valence-corrected chi connectivity index (χ4v) is 5.37. The Morgan fingerprint density at radius 2 is 1.71 bits per heavy atom. The molecule has 178 valence electrons. The molecule has 3 heterocycles. The molecule has 0 amide bonds. The zero-order valence-electron chi connectivity index (χ0n) is 19.9. The van der Waals surface area contributed by atoms with E-state index in [9.17, 15) is 0 Å². The summed E-state index contributed by atoms with van der Waals surface area (Å²) in [5, 5.41) is 4.94. The van der Waals surface area contributed by atoms with E-state index < -0.39 is 0 Å². The quantitative estimate of drug-likeness (QED) is 0.296. The van der Waals surface area contributed by atoms with Gasteiger partial charge < -0.3 is 19.5 Å². The first-order valence-corrected chi connectivity index (χ1v) is 12.4. The second-order valence-corrected chi connectivity index (χ2v) is 9.38. The molecule has 0 unspecified atom stereocenters. The number of nitrogens with one attached hydrogen (secondary N) is 1. The average molecular weight is 503 g/mol. The maximum Gasteiger partial charge on any atom is 0.174 e. The molecule has 0 saturated carbocycles. The van der Waals surface area contributed by atoms with Crippen molar-refractivity contribution in [1.29, 1.82) is 0 Å². The topological polar surface area (TPSA) is 42.3 Å². The van der Waals surface area contributed by atoms with Crippen LogP contribution in [0.5, 0.6) is 5.75 Å². The number of hydrogen-bond donors (Lipinski definition) is 1. The number of pyridine rings is 1. The molecule has 5 rings (SSSR count). The molecule has 7 heteroatoms. The number of halogens is 1. The van der Waals surface area contributed by atoms with E-state index in [0.717, 1.165) is 39.2 Å². The van der Waals surface area contributed by atoms with E-state index in [2.05, 4.69) is 51.8 Å². The number of thiocarbonyl (C=S) groups is 1. The van der Waals surface area contributed by atoms with Crippen LogP contribution in [0.2, 0.25) is 5.02 Å². The van der Waals surface area contributed by atoms with Crippen LogP contribution in [-0.2, 0) is 0 Å². The Labute approximate surface area is 216 Å². The van der Waals surface area contributed by atoms with Crippen molar-refractivity contribution in [2.24, 2.45) is 0 Å². The molecular weight excluding hydrogens is 476 g/mol. The lowest BCUT2D eigenvalue weighted by Gasteiger charge is -2.28. The summed E-state index contributed by atoms with van der Waals surface area (Å²) in [6.45, 7) is 6.90. The van der Waals surface area contributed by atoms with Crippen LogP contribution in [0, 0.1) is 13.8 Å². The van der Waals surface area contributed by atoms with E-state index >= 15 is 0 Å². The van der Waals surface area contributed by atoms with Crippen LogP contribution in [0.1, 0.15) is 41.7 Å². The molecule has 1 aliphatic rings. The number of rotatable bonds is 6. The smallest absolute Gasteiger partial charge is 0.174 e. The third-order valence-corrected chi connectivity index (χ3v) is 6.96. The van der Waals surface area contributed by atoms with Gasteiger partial charge in [-0.1, -0.05) is 17.7 Å². The molecule has 0 spiro atoms. The summed E-state index contributed by atoms with van der Waals surface area (Å²) < 4.78 is 7.92. The molecule has 1 N–H and O–H groups in total. The van der Waals surface area contributed by atoms with Gasteiger partial charge in [0.2, 0.25) is 0 Å². The lowest BCUT2D eigenvalue weighted by Crippen LogP contribution is -2.29. The summed E-state index contributed by atoms with van der Waals surface area (Å²) in [5.74, 6) is 0.841. The van der Waals surface area contributed by atoms with Crippen LogP contribution in [0.15, 0.2) is 79.0 Å². The van der Waals surface area contributed by atoms with E-state index in [1.807, 2.05) is 67.7 Å². The van der Waals surface area contributed by atoms with Crippen LogP contribution in [0.3, 0.4) is 0 Å². The highest BCUT2D eigenvalue weighted by molar-refractivity contribution is 7.80. The average Bonchev–Trinajstić information content (AvgIpc) is 3.36. The zero-order valence-corrected chi connectivity index (χ0v) is 21.5. The van der Waals surface area contributed by atoms with Crippen molar-refractivity contribution in [2.75, 3.05) is 11.5 Å². The molecule has 1 saturated heterocycles. The number of ether oxygens (including phenoxy) is 1. The number of aromatic nitrogens is 2. The second-order valence-electron chi connectivity index (χ2n) is 8.56. The minimum atomic E-state index is -0.102. The Morgan fingerprint density at radius 3 is 2.37 bits per heavy atom. The van der Waals surface area contributed by atoms with E-state index in [4.69, 9.17) is 28.6 Å². The lowest BCUT2D eigenvalue weighted by atomic mass is 9.96. The number of benzene rings is 2. The number of anilines is 1. The summed E-state index contributed by atoms with van der Waals surface area (Å²) in [6.07, 6.45) is 1.83. The summed E-state index contributed by atoms with van der Waals surface area (Å²) in [6, 6.07) is 24.1. The lowest BCUT2D eigenvalue weighted by molar-refractivity contribution is 0.340. The summed E-state index contributed by atoms with van der Waals surface area (Å²) >= 11 is 12.0. The Hall–Kier alpha value is -3.35. The first-order chi connectivity index (χ1) is 17.0. The predicted molar refractivity (Wildman–Crippen MR) is 146 cm³/mol. The van der Waals surface area contributed by atoms with Gasteiger partial charge in [-0.15, -0.1) is 0 Å². The van der Waals surface area contributed by atoms with Crippen molar-refractivity contribution in [3.05, 3.63) is 107 Å². The zero-order chi connectivity index (χ0) is 24.5. The van der Waals surface area contributed by atoms with Gasteiger partial charge in [0.25, 0.3) is 0 Å². The van der Waals surface area contributed by atoms with Gasteiger partial charge in [-0.05, 0) is 105 Å². The molecule has 2 atom stereocenters. The molecule has 5 nitrogen and oxygen atoms in total. The highest BCUT2D eigenvalue weighted by atomic mass is 35.5. The van der Waals surface area contributed by atoms with Crippen LogP contribution >= 0.6 is 23.8 Å². The van der Waals surface area contributed by atoms with Crippen LogP contribution < -0.4 is 15.0 Å². The van der Waals surface area contributed by atoms with Crippen molar-refractivity contribution >= 4 is 34.6 Å². The monoisotopic (exact) mass is 502 g/mol. The van der Waals surface area contributed by atoms with Crippen molar-refractivity contribution in [2.45, 2.75) is 32.9 Å². The molecule has 2 aromatic carbocycles. The second kappa shape index (κ2) is 9.72. The van der Waals surface area contributed by atoms with Crippen LogP contribution in [0.25, 0.3) is 5.69 Å². The van der Waals surface area contributed by atoms with Gasteiger partial charge >= 0.3 is 0 Å². The molecule has 1 aliphatic heterocycles. The van der Waals surface area contributed by atoms with Gasteiger partial charge in [0.15, 0.2) is 5.11 Å². The van der Waals surface area contributed by atoms with Crippen LogP contribution in [0.4, 0.5) is 5.69 Å². The van der Waals surface area contributed by atoms with Crippen molar-refractivity contribution in [3.63, 3.8) is 0 Å². The van der Waals surface area contributed by atoms with Gasteiger partial charge in [0, 0.05) is 34.0 Å². The first kappa shape index (κ1) is 23.4. The van der Waals surface area contributed by atoms with E-state index in [1.54, 1.807) is 0 Å². The molecule has 35 heavy (non-hydrogen) atoms. The highest BCUT2D eigenvalue weighted by Crippen LogP contribution is 2.44. The highest BCUT2D eigenvalue weighted by Gasteiger charge is 2.42. The third kappa shape index (κ3) is 4.40.